The SMILES string of the molecule is CC1CCC(CCNC(C)C2CCOC2)CC1. The summed E-state index contributed by atoms with van der Waals surface area (Å²) in [6.45, 7) is 7.86. The molecule has 2 aliphatic rings. The molecule has 0 radical (unpaired) electrons. The van der Waals surface area contributed by atoms with Gasteiger partial charge in [0, 0.05) is 12.6 Å². The van der Waals surface area contributed by atoms with Gasteiger partial charge in [0.25, 0.3) is 0 Å². The van der Waals surface area contributed by atoms with E-state index in [2.05, 4.69) is 19.2 Å². The van der Waals surface area contributed by atoms with E-state index in [1.807, 2.05) is 0 Å². The van der Waals surface area contributed by atoms with Gasteiger partial charge >= 0.3 is 0 Å². The van der Waals surface area contributed by atoms with Crippen molar-refractivity contribution in [1.29, 1.82) is 0 Å². The Bertz CT molecular complexity index is 205. The maximum atomic E-state index is 5.45. The Hall–Kier alpha value is -0.0800. The van der Waals surface area contributed by atoms with Crippen molar-refractivity contribution in [3.8, 4) is 0 Å². The van der Waals surface area contributed by atoms with Crippen LogP contribution in [0.25, 0.3) is 0 Å². The van der Waals surface area contributed by atoms with Crippen molar-refractivity contribution in [3.63, 3.8) is 0 Å². The summed E-state index contributed by atoms with van der Waals surface area (Å²) in [5.41, 5.74) is 0. The van der Waals surface area contributed by atoms with Gasteiger partial charge in [-0.1, -0.05) is 32.6 Å². The maximum Gasteiger partial charge on any atom is 0.0509 e. The minimum Gasteiger partial charge on any atom is -0.381 e. The molecular formula is C15H29NO. The zero-order valence-corrected chi connectivity index (χ0v) is 11.6. The zero-order chi connectivity index (χ0) is 12.1. The van der Waals surface area contributed by atoms with Crippen molar-refractivity contribution in [1.82, 2.24) is 5.32 Å². The molecule has 0 bridgehead atoms. The lowest BCUT2D eigenvalue weighted by Gasteiger charge is -2.27. The van der Waals surface area contributed by atoms with Crippen molar-refractivity contribution in [2.24, 2.45) is 17.8 Å². The van der Waals surface area contributed by atoms with Crippen LogP contribution in [-0.4, -0.2) is 25.8 Å². The van der Waals surface area contributed by atoms with Crippen molar-refractivity contribution in [2.45, 2.75) is 58.4 Å². The zero-order valence-electron chi connectivity index (χ0n) is 11.6. The highest BCUT2D eigenvalue weighted by Gasteiger charge is 2.22. The van der Waals surface area contributed by atoms with Gasteiger partial charge < -0.3 is 10.1 Å². The van der Waals surface area contributed by atoms with Crippen molar-refractivity contribution in [3.05, 3.63) is 0 Å². The Labute approximate surface area is 107 Å². The molecule has 0 amide bonds. The molecule has 1 aliphatic heterocycles. The average molecular weight is 239 g/mol. The molecule has 0 spiro atoms. The molecule has 0 aromatic rings. The lowest BCUT2D eigenvalue weighted by atomic mass is 9.81. The van der Waals surface area contributed by atoms with E-state index in [0.717, 1.165) is 31.0 Å². The van der Waals surface area contributed by atoms with E-state index in [-0.39, 0.29) is 0 Å². The topological polar surface area (TPSA) is 21.3 Å². The Balaban J connectivity index is 1.56. The first kappa shape index (κ1) is 13.4. The highest BCUT2D eigenvalue weighted by atomic mass is 16.5. The number of hydrogen-bond donors (Lipinski definition) is 1. The summed E-state index contributed by atoms with van der Waals surface area (Å²) in [7, 11) is 0. The summed E-state index contributed by atoms with van der Waals surface area (Å²) >= 11 is 0. The smallest absolute Gasteiger partial charge is 0.0509 e. The molecule has 100 valence electrons. The van der Waals surface area contributed by atoms with E-state index in [4.69, 9.17) is 4.74 Å². The fraction of sp³-hybridized carbons (Fsp3) is 1.00. The molecule has 1 heterocycles. The third-order valence-corrected chi connectivity index (χ3v) is 4.83. The Morgan fingerprint density at radius 2 is 1.94 bits per heavy atom. The highest BCUT2D eigenvalue weighted by molar-refractivity contribution is 4.77. The van der Waals surface area contributed by atoms with Crippen molar-refractivity contribution in [2.75, 3.05) is 19.8 Å². The van der Waals surface area contributed by atoms with Crippen molar-refractivity contribution < 1.29 is 4.74 Å². The van der Waals surface area contributed by atoms with E-state index < -0.39 is 0 Å². The normalized spacial score (nSPS) is 36.0. The van der Waals surface area contributed by atoms with Crippen LogP contribution in [0, 0.1) is 17.8 Å². The lowest BCUT2D eigenvalue weighted by molar-refractivity contribution is 0.177. The highest BCUT2D eigenvalue weighted by Crippen LogP contribution is 2.30. The number of ether oxygens (including phenoxy) is 1. The third kappa shape index (κ3) is 4.26. The molecule has 2 atom stereocenters. The molecule has 2 unspecified atom stereocenters. The molecule has 2 rings (SSSR count). The van der Waals surface area contributed by atoms with Crippen LogP contribution >= 0.6 is 0 Å². The van der Waals surface area contributed by atoms with Gasteiger partial charge in [0.2, 0.25) is 0 Å². The summed E-state index contributed by atoms with van der Waals surface area (Å²) in [5.74, 6) is 2.72. The Kier molecular flexibility index (Phi) is 5.30. The second-order valence-electron chi connectivity index (χ2n) is 6.28. The van der Waals surface area contributed by atoms with Gasteiger partial charge in [-0.05, 0) is 44.1 Å². The van der Waals surface area contributed by atoms with E-state index in [9.17, 15) is 0 Å². The van der Waals surface area contributed by atoms with Gasteiger partial charge in [-0.2, -0.15) is 0 Å². The van der Waals surface area contributed by atoms with Gasteiger partial charge in [0.15, 0.2) is 0 Å². The summed E-state index contributed by atoms with van der Waals surface area (Å²) in [4.78, 5) is 0. The molecule has 1 saturated carbocycles. The maximum absolute atomic E-state index is 5.45. The van der Waals surface area contributed by atoms with Crippen LogP contribution in [0.3, 0.4) is 0 Å². The number of hydrogen-bond acceptors (Lipinski definition) is 2. The molecule has 2 nitrogen and oxygen atoms in total. The predicted octanol–water partition coefficient (Wildman–Crippen LogP) is 3.22. The van der Waals surface area contributed by atoms with Gasteiger partial charge in [0.05, 0.1) is 6.61 Å². The lowest BCUT2D eigenvalue weighted by Crippen LogP contribution is -2.35. The third-order valence-electron chi connectivity index (χ3n) is 4.83. The van der Waals surface area contributed by atoms with Gasteiger partial charge in [-0.15, -0.1) is 0 Å². The van der Waals surface area contributed by atoms with E-state index in [0.29, 0.717) is 6.04 Å². The summed E-state index contributed by atoms with van der Waals surface area (Å²) in [6, 6.07) is 0.639. The molecular weight excluding hydrogens is 210 g/mol. The van der Waals surface area contributed by atoms with Gasteiger partial charge in [-0.3, -0.25) is 0 Å². The van der Waals surface area contributed by atoms with Crippen LogP contribution in [-0.2, 0) is 4.74 Å². The fourth-order valence-corrected chi connectivity index (χ4v) is 3.25. The van der Waals surface area contributed by atoms with E-state index >= 15 is 0 Å². The second kappa shape index (κ2) is 6.75. The molecule has 2 fully saturated rings. The minimum absolute atomic E-state index is 0.639. The van der Waals surface area contributed by atoms with Crippen LogP contribution in [0.4, 0.5) is 0 Å². The minimum atomic E-state index is 0.639. The molecule has 0 aromatic heterocycles. The first-order valence-corrected chi connectivity index (χ1v) is 7.57. The Morgan fingerprint density at radius 1 is 1.18 bits per heavy atom. The predicted molar refractivity (Wildman–Crippen MR) is 72.1 cm³/mol. The molecule has 2 heteroatoms. The van der Waals surface area contributed by atoms with Gasteiger partial charge in [-0.25, -0.2) is 0 Å². The summed E-state index contributed by atoms with van der Waals surface area (Å²) in [5, 5.41) is 3.70. The largest absolute Gasteiger partial charge is 0.381 e. The molecule has 17 heavy (non-hydrogen) atoms. The van der Waals surface area contributed by atoms with Crippen LogP contribution in [0.15, 0.2) is 0 Å². The number of nitrogens with one attached hydrogen (secondary N) is 1. The number of rotatable bonds is 5. The molecule has 0 aromatic carbocycles. The Morgan fingerprint density at radius 3 is 2.59 bits per heavy atom. The monoisotopic (exact) mass is 239 g/mol. The second-order valence-corrected chi connectivity index (χ2v) is 6.28. The summed E-state index contributed by atoms with van der Waals surface area (Å²) < 4.78 is 5.45. The molecule has 1 saturated heterocycles. The fourth-order valence-electron chi connectivity index (χ4n) is 3.25. The van der Waals surface area contributed by atoms with Crippen LogP contribution in [0.1, 0.15) is 52.4 Å². The summed E-state index contributed by atoms with van der Waals surface area (Å²) in [6.07, 6.45) is 8.46. The van der Waals surface area contributed by atoms with Gasteiger partial charge in [0.1, 0.15) is 0 Å². The first-order chi connectivity index (χ1) is 8.25. The van der Waals surface area contributed by atoms with Crippen LogP contribution in [0.2, 0.25) is 0 Å². The molecule has 1 N–H and O–H groups in total. The quantitative estimate of drug-likeness (QED) is 0.795. The van der Waals surface area contributed by atoms with Crippen molar-refractivity contribution >= 4 is 0 Å². The van der Waals surface area contributed by atoms with E-state index in [1.165, 1.54) is 45.1 Å². The van der Waals surface area contributed by atoms with Crippen LogP contribution in [0.5, 0.6) is 0 Å². The molecule has 1 aliphatic carbocycles. The van der Waals surface area contributed by atoms with Crippen LogP contribution < -0.4 is 5.32 Å². The standard InChI is InChI=1S/C15H29NO/c1-12-3-5-14(6-4-12)7-9-16-13(2)15-8-10-17-11-15/h12-16H,3-11H2,1-2H3. The van der Waals surface area contributed by atoms with E-state index in [1.54, 1.807) is 0 Å². The average Bonchev–Trinajstić information content (AvgIpc) is 2.85. The first-order valence-electron chi connectivity index (χ1n) is 7.57.